The number of rotatable bonds is 9. The van der Waals surface area contributed by atoms with E-state index >= 15 is 0 Å². The Bertz CT molecular complexity index is 2550. The Morgan fingerprint density at radius 1 is 0.667 bits per heavy atom. The number of benzene rings is 6. The van der Waals surface area contributed by atoms with Gasteiger partial charge >= 0.3 is 59.1 Å². The van der Waals surface area contributed by atoms with Crippen molar-refractivity contribution in [2.75, 3.05) is 12.4 Å². The van der Waals surface area contributed by atoms with Crippen LogP contribution in [0.3, 0.4) is 0 Å². The molecule has 0 aromatic heterocycles. The van der Waals surface area contributed by atoms with Gasteiger partial charge in [-0.25, -0.2) is 8.42 Å². The maximum atomic E-state index is 13.5. The SMILES string of the molecule is COc1cc(N=Nc2c(S(=O)(=O)[O-])ccc3ccccc23)c(C)cc1N=Nc1c(S(=O)(=O)O)cc2cc(Nc3ccccc3)ccc2c1[O-].[Na+].[Na+]. The van der Waals surface area contributed by atoms with Crippen molar-refractivity contribution in [1.29, 1.82) is 0 Å². The van der Waals surface area contributed by atoms with Crippen LogP contribution in [0, 0.1) is 6.92 Å². The molecule has 0 amide bonds. The molecule has 0 spiro atoms. The fraction of sp³-hybridized carbons (Fsp3) is 0.0588. The summed E-state index contributed by atoms with van der Waals surface area (Å²) in [5.74, 6) is -0.684. The number of nitrogens with zero attached hydrogens (tertiary/aromatic N) is 4. The number of azo groups is 2. The summed E-state index contributed by atoms with van der Waals surface area (Å²) in [6, 6.07) is 27.5. The van der Waals surface area contributed by atoms with Gasteiger partial charge in [0.05, 0.1) is 23.4 Å². The number of para-hydroxylation sites is 1. The van der Waals surface area contributed by atoms with Crippen LogP contribution in [-0.2, 0) is 20.2 Å². The maximum Gasteiger partial charge on any atom is 1.00 e. The summed E-state index contributed by atoms with van der Waals surface area (Å²) in [5.41, 5.74) is 1.38. The first-order chi connectivity index (χ1) is 23.3. The van der Waals surface area contributed by atoms with Crippen molar-refractivity contribution in [3.8, 4) is 11.5 Å². The minimum Gasteiger partial charge on any atom is -0.871 e. The van der Waals surface area contributed by atoms with Crippen molar-refractivity contribution >= 4 is 75.9 Å². The van der Waals surface area contributed by atoms with Gasteiger partial charge < -0.3 is 19.7 Å². The van der Waals surface area contributed by atoms with Gasteiger partial charge in [0, 0.05) is 22.8 Å². The van der Waals surface area contributed by atoms with E-state index in [-0.39, 0.29) is 92.7 Å². The number of aryl methyl sites for hydroxylation is 1. The molecule has 0 aliphatic carbocycles. The van der Waals surface area contributed by atoms with E-state index in [0.29, 0.717) is 22.0 Å². The average Bonchev–Trinajstić information content (AvgIpc) is 3.06. The monoisotopic (exact) mass is 741 g/mol. The second-order valence-electron chi connectivity index (χ2n) is 10.8. The summed E-state index contributed by atoms with van der Waals surface area (Å²) >= 11 is 0. The van der Waals surface area contributed by atoms with Gasteiger partial charge in [0.25, 0.3) is 10.1 Å². The zero-order valence-corrected chi connectivity index (χ0v) is 33.4. The summed E-state index contributed by atoms with van der Waals surface area (Å²) < 4.78 is 76.3. The minimum atomic E-state index is -4.92. The van der Waals surface area contributed by atoms with Gasteiger partial charge in [-0.2, -0.15) is 13.5 Å². The van der Waals surface area contributed by atoms with Crippen LogP contribution in [0.25, 0.3) is 21.5 Å². The van der Waals surface area contributed by atoms with Crippen molar-refractivity contribution in [2.24, 2.45) is 20.5 Å². The minimum absolute atomic E-state index is 0. The molecule has 248 valence electrons. The van der Waals surface area contributed by atoms with Gasteiger partial charge in [-0.1, -0.05) is 60.3 Å². The number of hydrogen-bond donors (Lipinski definition) is 2. The van der Waals surface area contributed by atoms with Crippen LogP contribution in [0.4, 0.5) is 34.1 Å². The molecule has 0 atom stereocenters. The maximum absolute atomic E-state index is 13.5. The molecule has 2 N–H and O–H groups in total. The predicted octanol–water partition coefficient (Wildman–Crippen LogP) is 2.12. The van der Waals surface area contributed by atoms with E-state index in [0.717, 1.165) is 11.8 Å². The van der Waals surface area contributed by atoms with Crippen LogP contribution in [0.1, 0.15) is 5.56 Å². The van der Waals surface area contributed by atoms with Crippen LogP contribution in [-0.4, -0.2) is 33.1 Å². The standard InChI is InChI=1S/C34H27N5O8S2.2Na/c1-20-16-28(29(47-2)19-27(20)36-38-32-25-11-7-6-8-21(25)12-15-30(32)48(41,42)43)37-39-33-31(49(44,45)46)18-22-17-24(13-14-26(22)34(33)40)35-23-9-4-3-5-10-23;;/h3-19,35,40H,1-2H3,(H,41,42,43)(H,44,45,46);;/q;2*+1/p-2. The third-order valence-electron chi connectivity index (χ3n) is 7.52. The van der Waals surface area contributed by atoms with Crippen molar-refractivity contribution < 1.29 is 94.9 Å². The second-order valence-corrected chi connectivity index (χ2v) is 13.5. The topological polar surface area (TPSA) is 205 Å². The molecule has 6 rings (SSSR count). The molecule has 0 aliphatic rings. The summed E-state index contributed by atoms with van der Waals surface area (Å²) in [4.78, 5) is -1.27. The van der Waals surface area contributed by atoms with Gasteiger partial charge in [0.1, 0.15) is 32.1 Å². The van der Waals surface area contributed by atoms with Gasteiger partial charge in [-0.3, -0.25) is 4.55 Å². The molecule has 6 aromatic rings. The van der Waals surface area contributed by atoms with Crippen molar-refractivity contribution in [3.63, 3.8) is 0 Å². The van der Waals surface area contributed by atoms with E-state index in [1.807, 2.05) is 30.3 Å². The summed E-state index contributed by atoms with van der Waals surface area (Å²) in [7, 11) is -8.47. The zero-order valence-electron chi connectivity index (χ0n) is 27.7. The molecular formula is C34H25N5Na2O8S2. The van der Waals surface area contributed by atoms with Gasteiger partial charge in [-0.15, -0.1) is 15.3 Å². The number of methoxy groups -OCH3 is 1. The first-order valence-electron chi connectivity index (χ1n) is 14.4. The Labute approximate surface area is 337 Å². The number of hydrogen-bond acceptors (Lipinski definition) is 12. The van der Waals surface area contributed by atoms with E-state index in [9.17, 15) is 31.0 Å². The molecule has 0 unspecified atom stereocenters. The molecule has 0 saturated heterocycles. The Kier molecular flexibility index (Phi) is 12.8. The number of fused-ring (bicyclic) bond motifs is 2. The molecule has 0 saturated carbocycles. The Morgan fingerprint density at radius 3 is 2.02 bits per heavy atom. The van der Waals surface area contributed by atoms with Crippen LogP contribution >= 0.6 is 0 Å². The second kappa shape index (κ2) is 16.3. The normalized spacial score (nSPS) is 11.8. The largest absolute Gasteiger partial charge is 1.00 e. The molecule has 0 bridgehead atoms. The number of anilines is 2. The number of nitrogens with one attached hydrogen (secondary N) is 1. The van der Waals surface area contributed by atoms with Gasteiger partial charge in [0.15, 0.2) is 0 Å². The molecule has 0 fully saturated rings. The fourth-order valence-corrected chi connectivity index (χ4v) is 6.43. The third kappa shape index (κ3) is 8.84. The van der Waals surface area contributed by atoms with Crippen LogP contribution in [0.5, 0.6) is 11.5 Å². The molecule has 13 nitrogen and oxygen atoms in total. The fourth-order valence-electron chi connectivity index (χ4n) is 5.15. The zero-order chi connectivity index (χ0) is 34.9. The molecule has 6 aromatic carbocycles. The summed E-state index contributed by atoms with van der Waals surface area (Å²) in [5, 5.41) is 34.5. The summed E-state index contributed by atoms with van der Waals surface area (Å²) in [6.45, 7) is 1.64. The molecular weight excluding hydrogens is 717 g/mol. The Balaban J connectivity index is 0.00000292. The third-order valence-corrected chi connectivity index (χ3v) is 9.25. The molecule has 0 aliphatic heterocycles. The van der Waals surface area contributed by atoms with Crippen LogP contribution in [0.15, 0.2) is 133 Å². The van der Waals surface area contributed by atoms with Crippen LogP contribution < -0.4 is 74.3 Å². The van der Waals surface area contributed by atoms with Crippen molar-refractivity contribution in [1.82, 2.24) is 0 Å². The van der Waals surface area contributed by atoms with Crippen molar-refractivity contribution in [2.45, 2.75) is 16.7 Å². The van der Waals surface area contributed by atoms with E-state index in [4.69, 9.17) is 4.74 Å². The number of ether oxygens (including phenoxy) is 1. The van der Waals surface area contributed by atoms with E-state index in [1.165, 1.54) is 37.4 Å². The van der Waals surface area contributed by atoms with E-state index < -0.39 is 41.5 Å². The van der Waals surface area contributed by atoms with Gasteiger partial charge in [-0.05, 0) is 71.1 Å². The smallest absolute Gasteiger partial charge is 0.871 e. The van der Waals surface area contributed by atoms with Crippen molar-refractivity contribution in [3.05, 3.63) is 109 Å². The Hall–Kier alpha value is -3.74. The summed E-state index contributed by atoms with van der Waals surface area (Å²) in [6.07, 6.45) is 0. The molecule has 0 radical (unpaired) electrons. The Morgan fingerprint density at radius 2 is 1.33 bits per heavy atom. The molecule has 51 heavy (non-hydrogen) atoms. The predicted molar refractivity (Wildman–Crippen MR) is 181 cm³/mol. The quantitative estimate of drug-likeness (QED) is 0.126. The van der Waals surface area contributed by atoms with Gasteiger partial charge in [0.2, 0.25) is 0 Å². The first-order valence-corrected chi connectivity index (χ1v) is 17.3. The van der Waals surface area contributed by atoms with E-state index in [1.54, 1.807) is 43.3 Å². The molecule has 17 heteroatoms. The van der Waals surface area contributed by atoms with E-state index in [2.05, 4.69) is 25.8 Å². The first kappa shape index (κ1) is 40.0. The molecule has 0 heterocycles. The van der Waals surface area contributed by atoms with Crippen LogP contribution in [0.2, 0.25) is 0 Å². The average molecular weight is 742 g/mol.